The van der Waals surface area contributed by atoms with Crippen LogP contribution in [0.1, 0.15) is 30.6 Å². The summed E-state index contributed by atoms with van der Waals surface area (Å²) in [6.45, 7) is 3.83. The maximum absolute atomic E-state index is 11.4. The van der Waals surface area contributed by atoms with Crippen molar-refractivity contribution in [3.8, 4) is 0 Å². The number of hydrogen-bond acceptors (Lipinski definition) is 4. The molecule has 1 heterocycles. The molecular weight excluding hydrogens is 214 g/mol. The van der Waals surface area contributed by atoms with Gasteiger partial charge in [-0.15, -0.1) is 11.3 Å². The van der Waals surface area contributed by atoms with Crippen molar-refractivity contribution in [2.45, 2.75) is 20.3 Å². The predicted octanol–water partition coefficient (Wildman–Crippen LogP) is 2.27. The quantitative estimate of drug-likeness (QED) is 0.803. The molecule has 1 aromatic heterocycles. The van der Waals surface area contributed by atoms with Crippen LogP contribution in [0.25, 0.3) is 0 Å². The summed E-state index contributed by atoms with van der Waals surface area (Å²) in [5, 5.41) is 4.96. The standard InChI is InChI=1S/C10H13NO3S/c1-3-8(12)11-9-7(5-6-15-9)10(13)14-4-2/h5-6H,3-4H2,1-2H3,(H,11,12). The van der Waals surface area contributed by atoms with Crippen LogP contribution in [0, 0.1) is 0 Å². The summed E-state index contributed by atoms with van der Waals surface area (Å²) in [5.41, 5.74) is 0.420. The zero-order chi connectivity index (χ0) is 11.3. The zero-order valence-electron chi connectivity index (χ0n) is 8.70. The highest BCUT2D eigenvalue weighted by Crippen LogP contribution is 2.24. The molecule has 1 rings (SSSR count). The minimum atomic E-state index is -0.398. The molecule has 0 bridgehead atoms. The lowest BCUT2D eigenvalue weighted by Crippen LogP contribution is -2.12. The Morgan fingerprint density at radius 3 is 2.80 bits per heavy atom. The van der Waals surface area contributed by atoms with Crippen molar-refractivity contribution in [1.82, 2.24) is 0 Å². The number of esters is 1. The lowest BCUT2D eigenvalue weighted by atomic mass is 10.3. The lowest BCUT2D eigenvalue weighted by Gasteiger charge is -2.04. The summed E-state index contributed by atoms with van der Waals surface area (Å²) >= 11 is 1.31. The lowest BCUT2D eigenvalue weighted by molar-refractivity contribution is -0.115. The first-order chi connectivity index (χ1) is 7.19. The molecule has 0 saturated carbocycles. The third kappa shape index (κ3) is 3.06. The van der Waals surface area contributed by atoms with E-state index >= 15 is 0 Å². The summed E-state index contributed by atoms with van der Waals surface area (Å²) < 4.78 is 4.86. The second-order valence-corrected chi connectivity index (χ2v) is 3.70. The Morgan fingerprint density at radius 1 is 1.47 bits per heavy atom. The van der Waals surface area contributed by atoms with Crippen LogP contribution in [0.5, 0.6) is 0 Å². The molecule has 15 heavy (non-hydrogen) atoms. The van der Waals surface area contributed by atoms with E-state index in [1.54, 1.807) is 25.3 Å². The first-order valence-electron chi connectivity index (χ1n) is 4.73. The Morgan fingerprint density at radius 2 is 2.20 bits per heavy atom. The van der Waals surface area contributed by atoms with E-state index in [0.717, 1.165) is 0 Å². The van der Waals surface area contributed by atoms with Gasteiger partial charge in [-0.05, 0) is 18.4 Å². The second-order valence-electron chi connectivity index (χ2n) is 2.79. The van der Waals surface area contributed by atoms with Crippen LogP contribution in [0.2, 0.25) is 0 Å². The Hall–Kier alpha value is -1.36. The fourth-order valence-corrected chi connectivity index (χ4v) is 1.78. The number of ether oxygens (including phenoxy) is 1. The molecule has 5 heteroatoms. The largest absolute Gasteiger partial charge is 0.462 e. The van der Waals surface area contributed by atoms with E-state index in [-0.39, 0.29) is 5.91 Å². The molecule has 0 radical (unpaired) electrons. The van der Waals surface area contributed by atoms with E-state index < -0.39 is 5.97 Å². The smallest absolute Gasteiger partial charge is 0.341 e. The van der Waals surface area contributed by atoms with E-state index in [9.17, 15) is 9.59 Å². The van der Waals surface area contributed by atoms with Crippen molar-refractivity contribution in [2.24, 2.45) is 0 Å². The molecule has 82 valence electrons. The minimum Gasteiger partial charge on any atom is -0.462 e. The number of rotatable bonds is 4. The van der Waals surface area contributed by atoms with Crippen molar-refractivity contribution in [3.05, 3.63) is 17.0 Å². The number of anilines is 1. The number of carbonyl (C=O) groups is 2. The van der Waals surface area contributed by atoms with E-state index in [1.807, 2.05) is 0 Å². The number of nitrogens with one attached hydrogen (secondary N) is 1. The molecular formula is C10H13NO3S. The molecule has 0 spiro atoms. The normalized spacial score (nSPS) is 9.73. The van der Waals surface area contributed by atoms with Gasteiger partial charge in [-0.3, -0.25) is 4.79 Å². The topological polar surface area (TPSA) is 55.4 Å². The maximum atomic E-state index is 11.4. The second kappa shape index (κ2) is 5.50. The van der Waals surface area contributed by atoms with E-state index in [2.05, 4.69) is 5.32 Å². The molecule has 4 nitrogen and oxygen atoms in total. The molecule has 0 aromatic carbocycles. The molecule has 0 atom stereocenters. The van der Waals surface area contributed by atoms with Crippen LogP contribution < -0.4 is 5.32 Å². The Bertz CT molecular complexity index is 359. The van der Waals surface area contributed by atoms with Gasteiger partial charge >= 0.3 is 5.97 Å². The molecule has 1 N–H and O–H groups in total. The number of hydrogen-bond donors (Lipinski definition) is 1. The molecule has 0 unspecified atom stereocenters. The van der Waals surface area contributed by atoms with Crippen LogP contribution in [-0.4, -0.2) is 18.5 Å². The summed E-state index contributed by atoms with van der Waals surface area (Å²) in [5.74, 6) is -0.506. The highest BCUT2D eigenvalue weighted by molar-refractivity contribution is 7.14. The van der Waals surface area contributed by atoms with Gasteiger partial charge in [-0.2, -0.15) is 0 Å². The van der Waals surface area contributed by atoms with Gasteiger partial charge in [0.2, 0.25) is 5.91 Å². The molecule has 0 aliphatic heterocycles. The molecule has 0 saturated heterocycles. The SMILES string of the molecule is CCOC(=O)c1ccsc1NC(=O)CC. The highest BCUT2D eigenvalue weighted by Gasteiger charge is 2.14. The Kier molecular flexibility index (Phi) is 4.30. The van der Waals surface area contributed by atoms with Gasteiger partial charge in [-0.25, -0.2) is 4.79 Å². The summed E-state index contributed by atoms with van der Waals surface area (Å²) in [7, 11) is 0. The van der Waals surface area contributed by atoms with Crippen molar-refractivity contribution in [3.63, 3.8) is 0 Å². The van der Waals surface area contributed by atoms with Crippen molar-refractivity contribution in [2.75, 3.05) is 11.9 Å². The van der Waals surface area contributed by atoms with Crippen LogP contribution in [0.3, 0.4) is 0 Å². The van der Waals surface area contributed by atoms with E-state index in [1.165, 1.54) is 11.3 Å². The van der Waals surface area contributed by atoms with Crippen LogP contribution in [0.4, 0.5) is 5.00 Å². The highest BCUT2D eigenvalue weighted by atomic mass is 32.1. The van der Waals surface area contributed by atoms with Gasteiger partial charge in [0.1, 0.15) is 5.00 Å². The average molecular weight is 227 g/mol. The van der Waals surface area contributed by atoms with Crippen molar-refractivity contribution >= 4 is 28.2 Å². The zero-order valence-corrected chi connectivity index (χ0v) is 9.52. The third-order valence-corrected chi connectivity index (χ3v) is 2.56. The van der Waals surface area contributed by atoms with Crippen molar-refractivity contribution in [1.29, 1.82) is 0 Å². The van der Waals surface area contributed by atoms with E-state index in [4.69, 9.17) is 4.74 Å². The van der Waals surface area contributed by atoms with E-state index in [0.29, 0.717) is 23.6 Å². The predicted molar refractivity (Wildman–Crippen MR) is 59.2 cm³/mol. The molecule has 0 fully saturated rings. The van der Waals surface area contributed by atoms with Crippen LogP contribution in [-0.2, 0) is 9.53 Å². The Labute approximate surface area is 92.2 Å². The van der Waals surface area contributed by atoms with Gasteiger partial charge < -0.3 is 10.1 Å². The molecule has 1 amide bonds. The first-order valence-corrected chi connectivity index (χ1v) is 5.61. The molecule has 1 aromatic rings. The van der Waals surface area contributed by atoms with Gasteiger partial charge in [0.15, 0.2) is 0 Å². The molecule has 0 aliphatic rings. The monoisotopic (exact) mass is 227 g/mol. The van der Waals surface area contributed by atoms with Gasteiger partial charge in [0, 0.05) is 6.42 Å². The van der Waals surface area contributed by atoms with Gasteiger partial charge in [-0.1, -0.05) is 6.92 Å². The summed E-state index contributed by atoms with van der Waals surface area (Å²) in [6.07, 6.45) is 0.389. The van der Waals surface area contributed by atoms with Gasteiger partial charge in [0.25, 0.3) is 0 Å². The average Bonchev–Trinajstić information content (AvgIpc) is 2.66. The van der Waals surface area contributed by atoms with Crippen LogP contribution >= 0.6 is 11.3 Å². The third-order valence-electron chi connectivity index (χ3n) is 1.73. The summed E-state index contributed by atoms with van der Waals surface area (Å²) in [6, 6.07) is 1.65. The van der Waals surface area contributed by atoms with Crippen LogP contribution in [0.15, 0.2) is 11.4 Å². The maximum Gasteiger partial charge on any atom is 0.341 e. The van der Waals surface area contributed by atoms with Crippen molar-refractivity contribution < 1.29 is 14.3 Å². The number of carbonyl (C=O) groups excluding carboxylic acids is 2. The van der Waals surface area contributed by atoms with Gasteiger partial charge in [0.05, 0.1) is 12.2 Å². The first kappa shape index (κ1) is 11.7. The number of amides is 1. The minimum absolute atomic E-state index is 0.108. The summed E-state index contributed by atoms with van der Waals surface area (Å²) in [4.78, 5) is 22.6. The Balaban J connectivity index is 2.77. The molecule has 0 aliphatic carbocycles. The number of thiophene rings is 1. The fraction of sp³-hybridized carbons (Fsp3) is 0.400. The fourth-order valence-electron chi connectivity index (χ4n) is 0.991.